The average Bonchev–Trinajstić information content (AvgIpc) is 2.28. The number of hydrogen-bond donors (Lipinski definition) is 0. The molecule has 0 bridgehead atoms. The van der Waals surface area contributed by atoms with Crippen LogP contribution in [0.4, 0.5) is 34.1 Å². The lowest BCUT2D eigenvalue weighted by molar-refractivity contribution is 0.660. The van der Waals surface area contributed by atoms with E-state index in [0.717, 1.165) is 66.6 Å². The fraction of sp³-hybridized carbons (Fsp3) is 0.132. The summed E-state index contributed by atoms with van der Waals surface area (Å²) in [6.07, 6.45) is 0. The van der Waals surface area contributed by atoms with Gasteiger partial charge in [0.15, 0.2) is 0 Å². The SMILES string of the molecule is CC1(C)c2ccccc2-c2c(N(c3ccccc3)c3cc4c(c5oc6ccccc6c35)-c3ccc5c(c3[Si]4(C)C)[Si](C)(C)c3cc(N(c4ccccc4)c4cccc6c4-c4ccccc4C6(C)C)c4c(oc6ccccc64)c3-5)cccc21. The van der Waals surface area contributed by atoms with Gasteiger partial charge in [-0.2, -0.15) is 0 Å². The van der Waals surface area contributed by atoms with Crippen LogP contribution in [0.5, 0.6) is 0 Å². The Hall–Kier alpha value is -8.95. The van der Waals surface area contributed by atoms with E-state index in [1.165, 1.54) is 88.5 Å². The van der Waals surface area contributed by atoms with Gasteiger partial charge in [0, 0.05) is 55.2 Å². The lowest BCUT2D eigenvalue weighted by Crippen LogP contribution is -2.63. The Kier molecular flexibility index (Phi) is 9.55. The first-order chi connectivity index (χ1) is 39.8. The Morgan fingerprint density at radius 3 is 1.12 bits per heavy atom. The molecule has 6 heteroatoms. The van der Waals surface area contributed by atoms with E-state index >= 15 is 0 Å². The predicted molar refractivity (Wildman–Crippen MR) is 350 cm³/mol. The predicted octanol–water partition coefficient (Wildman–Crippen LogP) is 18.6. The van der Waals surface area contributed by atoms with E-state index in [0.29, 0.717) is 0 Å². The van der Waals surface area contributed by atoms with Crippen molar-refractivity contribution in [1.82, 2.24) is 0 Å². The summed E-state index contributed by atoms with van der Waals surface area (Å²) < 4.78 is 14.8. The van der Waals surface area contributed by atoms with E-state index in [1.54, 1.807) is 10.4 Å². The molecule has 0 radical (unpaired) electrons. The van der Waals surface area contributed by atoms with Crippen LogP contribution in [0.1, 0.15) is 49.9 Å². The molecular formula is C76H60N2O2Si2. The van der Waals surface area contributed by atoms with E-state index in [-0.39, 0.29) is 10.8 Å². The first-order valence-corrected chi connectivity index (χ1v) is 35.1. The van der Waals surface area contributed by atoms with Gasteiger partial charge in [0.05, 0.1) is 33.5 Å². The molecule has 2 aliphatic carbocycles. The van der Waals surface area contributed by atoms with Gasteiger partial charge in [-0.3, -0.25) is 0 Å². The van der Waals surface area contributed by atoms with Gasteiger partial charge in [-0.05, 0) is 126 Å². The molecule has 0 fully saturated rings. The largest absolute Gasteiger partial charge is 0.455 e. The molecule has 0 amide bonds. The van der Waals surface area contributed by atoms with Crippen molar-refractivity contribution in [3.05, 3.63) is 241 Å². The van der Waals surface area contributed by atoms with E-state index in [1.807, 2.05) is 0 Å². The molecule has 17 rings (SSSR count). The molecule has 2 aromatic heterocycles. The maximum atomic E-state index is 7.39. The maximum Gasteiger partial charge on any atom is 0.145 e. The monoisotopic (exact) mass is 1090 g/mol. The highest BCUT2D eigenvalue weighted by molar-refractivity contribution is 7.13. The molecule has 394 valence electrons. The molecule has 2 aliphatic heterocycles. The van der Waals surface area contributed by atoms with Crippen LogP contribution in [0.2, 0.25) is 26.2 Å². The number of furan rings is 2. The molecule has 82 heavy (non-hydrogen) atoms. The first kappa shape index (κ1) is 47.8. The third-order valence-corrected chi connectivity index (χ3v) is 27.0. The van der Waals surface area contributed by atoms with Gasteiger partial charge < -0.3 is 18.6 Å². The highest BCUT2D eigenvalue weighted by atomic mass is 28.3. The molecule has 0 unspecified atom stereocenters. The molecule has 4 heterocycles. The van der Waals surface area contributed by atoms with Crippen molar-refractivity contribution in [3.63, 3.8) is 0 Å². The van der Waals surface area contributed by atoms with Crippen molar-refractivity contribution in [2.45, 2.75) is 64.7 Å². The van der Waals surface area contributed by atoms with Crippen LogP contribution in [-0.4, -0.2) is 16.1 Å². The van der Waals surface area contributed by atoms with Gasteiger partial charge in [-0.25, -0.2) is 0 Å². The van der Waals surface area contributed by atoms with Gasteiger partial charge in [0.25, 0.3) is 0 Å². The second-order valence-corrected chi connectivity index (χ2v) is 34.1. The minimum Gasteiger partial charge on any atom is -0.455 e. The summed E-state index contributed by atoms with van der Waals surface area (Å²) in [5.74, 6) is 0. The van der Waals surface area contributed by atoms with Gasteiger partial charge >= 0.3 is 0 Å². The van der Waals surface area contributed by atoms with Crippen molar-refractivity contribution in [2.24, 2.45) is 0 Å². The van der Waals surface area contributed by atoms with Crippen LogP contribution in [0, 0.1) is 0 Å². The topological polar surface area (TPSA) is 32.8 Å². The molecule has 4 aliphatic rings. The van der Waals surface area contributed by atoms with Crippen molar-refractivity contribution in [1.29, 1.82) is 0 Å². The van der Waals surface area contributed by atoms with Crippen molar-refractivity contribution in [3.8, 4) is 44.5 Å². The summed E-state index contributed by atoms with van der Waals surface area (Å²) in [6, 6.07) is 81.7. The van der Waals surface area contributed by atoms with E-state index in [9.17, 15) is 0 Å². The van der Waals surface area contributed by atoms with Crippen LogP contribution >= 0.6 is 0 Å². The van der Waals surface area contributed by atoms with Gasteiger partial charge in [-0.15, -0.1) is 0 Å². The summed E-state index contributed by atoms with van der Waals surface area (Å²) in [5.41, 5.74) is 26.1. The second kappa shape index (κ2) is 16.4. The highest BCUT2D eigenvalue weighted by Crippen LogP contribution is 2.58. The molecule has 4 nitrogen and oxygen atoms in total. The normalized spacial score (nSPS) is 15.7. The Balaban J connectivity index is 0.925. The fourth-order valence-corrected chi connectivity index (χ4v) is 24.5. The zero-order chi connectivity index (χ0) is 55.3. The lowest BCUT2D eigenvalue weighted by Gasteiger charge is -2.32. The van der Waals surface area contributed by atoms with Crippen LogP contribution in [0.25, 0.3) is 88.4 Å². The Morgan fingerprint density at radius 2 is 0.695 bits per heavy atom. The number of para-hydroxylation sites is 4. The van der Waals surface area contributed by atoms with Crippen LogP contribution in [0.3, 0.4) is 0 Å². The standard InChI is InChI=1S/C76H60N2O2Si2/c1-75(2)53-33-19-15-29-47(53)65-55(75)35-23-37-57(65)77(45-25-11-9-12-26-45)59-43-63-69(71-67(59)49-31-17-21-39-61(49)79-71)51-41-42-52-70-64(82(7,8)74(52)73(51)81(63,5)6)44-60(68-50-32-18-22-40-62(50)80-72(68)70)78(46-27-13-10-14-28-46)58-38-24-36-56-66(58)48-30-16-20-34-54(48)76(56,3)4/h9-44H,1-8H3. The zero-order valence-electron chi connectivity index (χ0n) is 47.5. The summed E-state index contributed by atoms with van der Waals surface area (Å²) in [5, 5.41) is 10.5. The number of fused-ring (bicyclic) bond motifs is 21. The minimum absolute atomic E-state index is 0.162. The summed E-state index contributed by atoms with van der Waals surface area (Å²) in [7, 11) is -5.21. The third-order valence-electron chi connectivity index (χ3n) is 19.8. The molecule has 0 saturated heterocycles. The summed E-state index contributed by atoms with van der Waals surface area (Å²) in [4.78, 5) is 5.13. The third kappa shape index (κ3) is 6.05. The number of hydrogen-bond acceptors (Lipinski definition) is 4. The molecule has 0 saturated carbocycles. The second-order valence-electron chi connectivity index (χ2n) is 25.5. The van der Waals surface area contributed by atoms with Crippen LogP contribution in [0.15, 0.2) is 227 Å². The lowest BCUT2D eigenvalue weighted by atomic mass is 9.82. The number of anilines is 6. The number of nitrogens with zero attached hydrogens (tertiary/aromatic N) is 2. The zero-order valence-corrected chi connectivity index (χ0v) is 49.5. The minimum atomic E-state index is -2.60. The van der Waals surface area contributed by atoms with Gasteiger partial charge in [0.2, 0.25) is 0 Å². The van der Waals surface area contributed by atoms with E-state index < -0.39 is 16.1 Å². The number of benzene rings is 11. The molecular weight excluding hydrogens is 1030 g/mol. The van der Waals surface area contributed by atoms with Crippen LogP contribution in [-0.2, 0) is 10.8 Å². The Morgan fingerprint density at radius 1 is 0.329 bits per heavy atom. The molecule has 0 atom stereocenters. The molecule has 0 spiro atoms. The Labute approximate surface area is 480 Å². The quantitative estimate of drug-likeness (QED) is 0.155. The van der Waals surface area contributed by atoms with E-state index in [2.05, 4.69) is 282 Å². The smallest absolute Gasteiger partial charge is 0.145 e. The highest BCUT2D eigenvalue weighted by Gasteiger charge is 2.51. The molecule has 0 N–H and O–H groups in total. The fourth-order valence-electron chi connectivity index (χ4n) is 16.0. The molecule has 13 aromatic rings. The first-order valence-electron chi connectivity index (χ1n) is 29.1. The summed E-state index contributed by atoms with van der Waals surface area (Å²) in [6.45, 7) is 20.0. The van der Waals surface area contributed by atoms with Crippen molar-refractivity contribution in [2.75, 3.05) is 9.80 Å². The molecule has 11 aromatic carbocycles. The average molecular weight is 1090 g/mol. The Bertz CT molecular complexity index is 4630. The van der Waals surface area contributed by atoms with Gasteiger partial charge in [-0.1, -0.05) is 212 Å². The van der Waals surface area contributed by atoms with Gasteiger partial charge in [0.1, 0.15) is 38.5 Å². The number of rotatable bonds is 6. The van der Waals surface area contributed by atoms with E-state index in [4.69, 9.17) is 8.83 Å². The van der Waals surface area contributed by atoms with Crippen molar-refractivity contribution >= 4 is 115 Å². The summed E-state index contributed by atoms with van der Waals surface area (Å²) >= 11 is 0. The van der Waals surface area contributed by atoms with Crippen molar-refractivity contribution < 1.29 is 8.83 Å². The maximum absolute atomic E-state index is 7.39. The van der Waals surface area contributed by atoms with Crippen LogP contribution < -0.4 is 30.5 Å².